The van der Waals surface area contributed by atoms with Crippen LogP contribution in [0.4, 0.5) is 5.69 Å². The first kappa shape index (κ1) is 13.5. The lowest BCUT2D eigenvalue weighted by Crippen LogP contribution is -2.32. The van der Waals surface area contributed by atoms with Crippen molar-refractivity contribution < 1.29 is 4.79 Å². The Morgan fingerprint density at radius 3 is 2.77 bits per heavy atom. The molecule has 2 saturated heterocycles. The molecule has 0 N–H and O–H groups in total. The zero-order valence-electron chi connectivity index (χ0n) is 12.9. The summed E-state index contributed by atoms with van der Waals surface area (Å²) in [6, 6.07) is 0. The van der Waals surface area contributed by atoms with Crippen LogP contribution in [0.25, 0.3) is 0 Å². The maximum atomic E-state index is 12.7. The van der Waals surface area contributed by atoms with E-state index >= 15 is 0 Å². The molecule has 7 heteroatoms. The summed E-state index contributed by atoms with van der Waals surface area (Å²) in [7, 11) is 3.88. The average Bonchev–Trinajstić information content (AvgIpc) is 3.21. The third kappa shape index (κ3) is 2.12. The molecule has 0 bridgehead atoms. The summed E-state index contributed by atoms with van der Waals surface area (Å²) in [6.45, 7) is 3.40. The van der Waals surface area contributed by atoms with Crippen molar-refractivity contribution in [3.63, 3.8) is 0 Å². The first-order chi connectivity index (χ1) is 10.6. The van der Waals surface area contributed by atoms with E-state index in [0.29, 0.717) is 5.92 Å². The fourth-order valence-electron chi connectivity index (χ4n) is 3.61. The van der Waals surface area contributed by atoms with E-state index < -0.39 is 0 Å². The van der Waals surface area contributed by atoms with E-state index in [0.717, 1.165) is 37.7 Å². The fraction of sp³-hybridized carbons (Fsp3) is 0.533. The molecule has 1 amide bonds. The monoisotopic (exact) mass is 300 g/mol. The third-order valence-electron chi connectivity index (χ3n) is 4.81. The highest BCUT2D eigenvalue weighted by atomic mass is 16.2. The maximum Gasteiger partial charge on any atom is 0.231 e. The van der Waals surface area contributed by atoms with Crippen LogP contribution in [0.15, 0.2) is 24.8 Å². The molecule has 4 rings (SSSR count). The third-order valence-corrected chi connectivity index (χ3v) is 4.81. The number of fused-ring (bicyclic) bond motifs is 1. The standard InChI is InChI=1S/C15H20N6O/c1-18-4-3-16-14(18)10-20-6-11-7-21(15(22)13(11)9-20)12-5-17-19(2)8-12/h3-5,8,11,13H,6-7,9-10H2,1-2H3/t11-,13-/m1/s1. The van der Waals surface area contributed by atoms with Gasteiger partial charge in [0.05, 0.1) is 24.3 Å². The topological polar surface area (TPSA) is 59.2 Å². The molecule has 116 valence electrons. The molecule has 0 radical (unpaired) electrons. The van der Waals surface area contributed by atoms with Gasteiger partial charge in [-0.2, -0.15) is 5.10 Å². The molecule has 0 saturated carbocycles. The van der Waals surface area contributed by atoms with Crippen LogP contribution in [0.2, 0.25) is 0 Å². The van der Waals surface area contributed by atoms with Gasteiger partial charge in [0.2, 0.25) is 5.91 Å². The summed E-state index contributed by atoms with van der Waals surface area (Å²) >= 11 is 0. The van der Waals surface area contributed by atoms with Crippen molar-refractivity contribution in [2.45, 2.75) is 6.54 Å². The van der Waals surface area contributed by atoms with Crippen molar-refractivity contribution >= 4 is 11.6 Å². The van der Waals surface area contributed by atoms with Gasteiger partial charge in [-0.1, -0.05) is 0 Å². The summed E-state index contributed by atoms with van der Waals surface area (Å²) in [5.74, 6) is 1.81. The van der Waals surface area contributed by atoms with Crippen molar-refractivity contribution in [3.8, 4) is 0 Å². The fourth-order valence-corrected chi connectivity index (χ4v) is 3.61. The summed E-state index contributed by atoms with van der Waals surface area (Å²) in [5.41, 5.74) is 0.914. The molecule has 2 aliphatic heterocycles. The molecule has 7 nitrogen and oxygen atoms in total. The smallest absolute Gasteiger partial charge is 0.231 e. The van der Waals surface area contributed by atoms with Crippen LogP contribution in [0, 0.1) is 11.8 Å². The Kier molecular flexibility index (Phi) is 3.04. The van der Waals surface area contributed by atoms with E-state index in [4.69, 9.17) is 0 Å². The zero-order chi connectivity index (χ0) is 15.3. The molecular weight excluding hydrogens is 280 g/mol. The molecule has 4 heterocycles. The Balaban J connectivity index is 1.45. The van der Waals surface area contributed by atoms with Crippen molar-refractivity contribution in [2.24, 2.45) is 25.9 Å². The van der Waals surface area contributed by atoms with Crippen LogP contribution < -0.4 is 4.90 Å². The maximum absolute atomic E-state index is 12.7. The minimum Gasteiger partial charge on any atom is -0.337 e. The normalized spacial score (nSPS) is 25.2. The van der Waals surface area contributed by atoms with E-state index in [9.17, 15) is 4.79 Å². The van der Waals surface area contributed by atoms with Gasteiger partial charge in [0.1, 0.15) is 5.82 Å². The lowest BCUT2D eigenvalue weighted by atomic mass is 10.0. The number of imidazole rings is 1. The molecule has 2 aliphatic rings. The number of rotatable bonds is 3. The van der Waals surface area contributed by atoms with E-state index in [-0.39, 0.29) is 11.8 Å². The number of aryl methyl sites for hydroxylation is 2. The van der Waals surface area contributed by atoms with Gasteiger partial charge in [0, 0.05) is 58.2 Å². The molecule has 0 aliphatic carbocycles. The second-order valence-electron chi connectivity index (χ2n) is 6.34. The van der Waals surface area contributed by atoms with Gasteiger partial charge < -0.3 is 9.47 Å². The Morgan fingerprint density at radius 1 is 1.27 bits per heavy atom. The van der Waals surface area contributed by atoms with Crippen molar-refractivity contribution in [2.75, 3.05) is 24.5 Å². The Labute approximate surface area is 129 Å². The van der Waals surface area contributed by atoms with Crippen molar-refractivity contribution in [3.05, 3.63) is 30.6 Å². The molecule has 22 heavy (non-hydrogen) atoms. The second kappa shape index (κ2) is 4.95. The van der Waals surface area contributed by atoms with Crippen molar-refractivity contribution in [1.82, 2.24) is 24.2 Å². The molecule has 0 spiro atoms. The van der Waals surface area contributed by atoms with Gasteiger partial charge in [0.25, 0.3) is 0 Å². The van der Waals surface area contributed by atoms with Crippen LogP contribution in [0.1, 0.15) is 5.82 Å². The molecular formula is C15H20N6O. The highest BCUT2D eigenvalue weighted by Crippen LogP contribution is 2.35. The van der Waals surface area contributed by atoms with Crippen LogP contribution in [0.5, 0.6) is 0 Å². The summed E-state index contributed by atoms with van der Waals surface area (Å²) < 4.78 is 3.78. The number of hydrogen-bond donors (Lipinski definition) is 0. The SMILES string of the molecule is Cn1cc(N2C[C@H]3CN(Cc4nccn4C)C[C@H]3C2=O)cn1. The lowest BCUT2D eigenvalue weighted by Gasteiger charge is -2.20. The highest BCUT2D eigenvalue weighted by molar-refractivity contribution is 5.97. The van der Waals surface area contributed by atoms with Crippen LogP contribution >= 0.6 is 0 Å². The van der Waals surface area contributed by atoms with E-state index in [1.54, 1.807) is 10.9 Å². The predicted octanol–water partition coefficient (Wildman–Crippen LogP) is 0.248. The summed E-state index contributed by atoms with van der Waals surface area (Å²) in [4.78, 5) is 21.3. The van der Waals surface area contributed by atoms with Crippen LogP contribution in [0.3, 0.4) is 0 Å². The highest BCUT2D eigenvalue weighted by Gasteiger charge is 2.46. The second-order valence-corrected chi connectivity index (χ2v) is 6.34. The Bertz CT molecular complexity index is 704. The minimum atomic E-state index is 0.112. The zero-order valence-corrected chi connectivity index (χ0v) is 12.9. The van der Waals surface area contributed by atoms with E-state index in [1.165, 1.54) is 0 Å². The van der Waals surface area contributed by atoms with E-state index in [2.05, 4.69) is 15.0 Å². The minimum absolute atomic E-state index is 0.112. The first-order valence-corrected chi connectivity index (χ1v) is 7.60. The number of hydrogen-bond acceptors (Lipinski definition) is 4. The number of carbonyl (C=O) groups is 1. The van der Waals surface area contributed by atoms with Crippen molar-refractivity contribution in [1.29, 1.82) is 0 Å². The molecule has 2 aromatic rings. The van der Waals surface area contributed by atoms with Gasteiger partial charge >= 0.3 is 0 Å². The largest absolute Gasteiger partial charge is 0.337 e. The van der Waals surface area contributed by atoms with Gasteiger partial charge in [-0.25, -0.2) is 4.98 Å². The molecule has 2 atom stereocenters. The molecule has 2 fully saturated rings. The van der Waals surface area contributed by atoms with Crippen LogP contribution in [-0.4, -0.2) is 49.8 Å². The molecule has 0 unspecified atom stereocenters. The number of likely N-dealkylation sites (tertiary alicyclic amines) is 1. The Morgan fingerprint density at radius 2 is 2.14 bits per heavy atom. The lowest BCUT2D eigenvalue weighted by molar-refractivity contribution is -0.120. The van der Waals surface area contributed by atoms with Crippen LogP contribution in [-0.2, 0) is 25.4 Å². The number of amides is 1. The molecule has 2 aromatic heterocycles. The van der Waals surface area contributed by atoms with Gasteiger partial charge in [-0.3, -0.25) is 14.4 Å². The van der Waals surface area contributed by atoms with E-state index in [1.807, 2.05) is 42.2 Å². The number of anilines is 1. The summed E-state index contributed by atoms with van der Waals surface area (Å²) in [6.07, 6.45) is 7.46. The number of carbonyl (C=O) groups excluding carboxylic acids is 1. The molecule has 0 aromatic carbocycles. The number of nitrogens with zero attached hydrogens (tertiary/aromatic N) is 6. The van der Waals surface area contributed by atoms with Gasteiger partial charge in [0.15, 0.2) is 0 Å². The van der Waals surface area contributed by atoms with Gasteiger partial charge in [-0.05, 0) is 0 Å². The predicted molar refractivity (Wildman–Crippen MR) is 81.0 cm³/mol. The summed E-state index contributed by atoms with van der Waals surface area (Å²) in [5, 5.41) is 4.17. The van der Waals surface area contributed by atoms with Gasteiger partial charge in [-0.15, -0.1) is 0 Å². The average molecular weight is 300 g/mol. The first-order valence-electron chi connectivity index (χ1n) is 7.60. The Hall–Kier alpha value is -2.15. The quantitative estimate of drug-likeness (QED) is 0.815. The number of aromatic nitrogens is 4.